The summed E-state index contributed by atoms with van der Waals surface area (Å²) in [6.45, 7) is 7.12. The van der Waals surface area contributed by atoms with Crippen molar-refractivity contribution in [1.82, 2.24) is 4.57 Å². The molecule has 1 atom stereocenters. The Morgan fingerprint density at radius 2 is 1.96 bits per heavy atom. The lowest BCUT2D eigenvalue weighted by atomic mass is 10.1. The molecule has 0 bridgehead atoms. The van der Waals surface area contributed by atoms with Crippen LogP contribution in [0.4, 0.5) is 0 Å². The molecule has 128 valence electrons. The molecule has 1 heterocycles. The number of hydrogen-bond donors (Lipinski definition) is 1. The fourth-order valence-corrected chi connectivity index (χ4v) is 2.90. The van der Waals surface area contributed by atoms with E-state index in [0.717, 1.165) is 23.7 Å². The number of carbonyl (C=O) groups is 2. The van der Waals surface area contributed by atoms with Crippen LogP contribution in [0.15, 0.2) is 24.4 Å². The fraction of sp³-hybridized carbons (Fsp3) is 0.474. The lowest BCUT2D eigenvalue weighted by Crippen LogP contribution is -2.23. The maximum absolute atomic E-state index is 12.3. The van der Waals surface area contributed by atoms with Crippen LogP contribution in [0.3, 0.4) is 0 Å². The van der Waals surface area contributed by atoms with Crippen molar-refractivity contribution < 1.29 is 19.4 Å². The summed E-state index contributed by atoms with van der Waals surface area (Å²) >= 11 is 0. The summed E-state index contributed by atoms with van der Waals surface area (Å²) in [6.07, 6.45) is 4.20. The first kappa shape index (κ1) is 16.6. The van der Waals surface area contributed by atoms with E-state index >= 15 is 0 Å². The standard InChI is InChI=1S/C19H23NO4/c1-11(17(21)22)20-10-15(12-5-6-12)14-8-7-13(9-16(14)20)18(23)24-19(2,3)4/h7-12H,5-6H2,1-4H3,(H,21,22). The smallest absolute Gasteiger partial charge is 0.338 e. The summed E-state index contributed by atoms with van der Waals surface area (Å²) < 4.78 is 7.17. The van der Waals surface area contributed by atoms with Gasteiger partial charge >= 0.3 is 11.9 Å². The Labute approximate surface area is 141 Å². The monoisotopic (exact) mass is 329 g/mol. The van der Waals surface area contributed by atoms with Gasteiger partial charge in [0.2, 0.25) is 0 Å². The molecule has 5 nitrogen and oxygen atoms in total. The lowest BCUT2D eigenvalue weighted by molar-refractivity contribution is -0.140. The van der Waals surface area contributed by atoms with Crippen LogP contribution in [0, 0.1) is 0 Å². The van der Waals surface area contributed by atoms with Crippen molar-refractivity contribution >= 4 is 22.8 Å². The third-order valence-electron chi connectivity index (χ3n) is 4.29. The van der Waals surface area contributed by atoms with Crippen LogP contribution >= 0.6 is 0 Å². The van der Waals surface area contributed by atoms with Crippen LogP contribution in [-0.2, 0) is 9.53 Å². The van der Waals surface area contributed by atoms with E-state index in [-0.39, 0.29) is 0 Å². The maximum atomic E-state index is 12.3. The van der Waals surface area contributed by atoms with Crippen LogP contribution in [0.1, 0.15) is 68.4 Å². The first-order valence-electron chi connectivity index (χ1n) is 8.28. The molecule has 0 radical (unpaired) electrons. The SMILES string of the molecule is CC(C(=O)O)n1cc(C2CC2)c2ccc(C(=O)OC(C)(C)C)cc21. The van der Waals surface area contributed by atoms with E-state index in [1.165, 1.54) is 5.56 Å². The number of aromatic nitrogens is 1. The number of carboxylic acids is 1. The number of rotatable bonds is 4. The molecule has 1 N–H and O–H groups in total. The summed E-state index contributed by atoms with van der Waals surface area (Å²) in [5.41, 5.74) is 1.82. The molecule has 3 rings (SSSR count). The molecule has 2 aromatic rings. The minimum Gasteiger partial charge on any atom is -0.480 e. The van der Waals surface area contributed by atoms with E-state index < -0.39 is 23.6 Å². The highest BCUT2D eigenvalue weighted by Gasteiger charge is 2.29. The molecule has 1 aromatic heterocycles. The van der Waals surface area contributed by atoms with Crippen LogP contribution in [-0.4, -0.2) is 27.2 Å². The summed E-state index contributed by atoms with van der Waals surface area (Å²) in [4.78, 5) is 23.8. The van der Waals surface area contributed by atoms with Crippen LogP contribution in [0.5, 0.6) is 0 Å². The van der Waals surface area contributed by atoms with Crippen molar-refractivity contribution in [3.8, 4) is 0 Å². The minimum absolute atomic E-state index is 0.395. The van der Waals surface area contributed by atoms with Gasteiger partial charge in [-0.3, -0.25) is 0 Å². The van der Waals surface area contributed by atoms with Gasteiger partial charge in [0, 0.05) is 17.1 Å². The van der Waals surface area contributed by atoms with E-state index in [9.17, 15) is 14.7 Å². The number of carbonyl (C=O) groups excluding carboxylic acids is 1. The molecule has 1 fully saturated rings. The highest BCUT2D eigenvalue weighted by Crippen LogP contribution is 2.44. The molecule has 1 unspecified atom stereocenters. The molecule has 0 saturated heterocycles. The van der Waals surface area contributed by atoms with Gasteiger partial charge in [-0.05, 0) is 64.2 Å². The van der Waals surface area contributed by atoms with Gasteiger partial charge in [0.15, 0.2) is 0 Å². The Hall–Kier alpha value is -2.30. The van der Waals surface area contributed by atoms with E-state index in [2.05, 4.69) is 0 Å². The fourth-order valence-electron chi connectivity index (χ4n) is 2.90. The van der Waals surface area contributed by atoms with E-state index in [0.29, 0.717) is 11.5 Å². The second kappa shape index (κ2) is 5.65. The Kier molecular flexibility index (Phi) is 3.90. The number of nitrogens with zero attached hydrogens (tertiary/aromatic N) is 1. The zero-order chi connectivity index (χ0) is 17.6. The van der Waals surface area contributed by atoms with E-state index in [1.54, 1.807) is 23.6 Å². The largest absolute Gasteiger partial charge is 0.480 e. The Bertz CT molecular complexity index is 809. The molecule has 0 spiro atoms. The quantitative estimate of drug-likeness (QED) is 0.857. The number of ether oxygens (including phenoxy) is 1. The molecule has 1 aliphatic rings. The van der Waals surface area contributed by atoms with Gasteiger partial charge in [-0.25, -0.2) is 9.59 Å². The minimum atomic E-state index is -0.892. The van der Waals surface area contributed by atoms with Crippen molar-refractivity contribution in [3.63, 3.8) is 0 Å². The number of aliphatic carboxylic acids is 1. The van der Waals surface area contributed by atoms with Crippen LogP contribution in [0.2, 0.25) is 0 Å². The second-order valence-corrected chi connectivity index (χ2v) is 7.51. The van der Waals surface area contributed by atoms with E-state index in [4.69, 9.17) is 4.74 Å². The Morgan fingerprint density at radius 3 is 2.50 bits per heavy atom. The molecule has 1 aromatic carbocycles. The third kappa shape index (κ3) is 3.16. The zero-order valence-corrected chi connectivity index (χ0v) is 14.5. The van der Waals surface area contributed by atoms with Crippen molar-refractivity contribution in [1.29, 1.82) is 0 Å². The predicted octanol–water partition coefficient (Wildman–Crippen LogP) is 4.12. The zero-order valence-electron chi connectivity index (χ0n) is 14.5. The lowest BCUT2D eigenvalue weighted by Gasteiger charge is -2.19. The van der Waals surface area contributed by atoms with Gasteiger partial charge in [-0.15, -0.1) is 0 Å². The number of benzene rings is 1. The molecular formula is C19H23NO4. The van der Waals surface area contributed by atoms with Crippen molar-refractivity contribution in [2.24, 2.45) is 0 Å². The normalized spacial score (nSPS) is 16.2. The number of fused-ring (bicyclic) bond motifs is 1. The summed E-state index contributed by atoms with van der Waals surface area (Å²) in [6, 6.07) is 4.73. The highest BCUT2D eigenvalue weighted by atomic mass is 16.6. The van der Waals surface area contributed by atoms with Gasteiger partial charge < -0.3 is 14.4 Å². The van der Waals surface area contributed by atoms with Crippen molar-refractivity contribution in [2.75, 3.05) is 0 Å². The molecule has 1 aliphatic carbocycles. The average Bonchev–Trinajstić information content (AvgIpc) is 3.25. The number of hydrogen-bond acceptors (Lipinski definition) is 3. The molecule has 24 heavy (non-hydrogen) atoms. The molecule has 1 saturated carbocycles. The highest BCUT2D eigenvalue weighted by molar-refractivity contribution is 5.96. The van der Waals surface area contributed by atoms with Crippen molar-refractivity contribution in [3.05, 3.63) is 35.5 Å². The molecule has 5 heteroatoms. The molecular weight excluding hydrogens is 306 g/mol. The summed E-state index contributed by atoms with van der Waals surface area (Å²) in [5.74, 6) is -0.785. The molecule has 0 amide bonds. The molecule has 0 aliphatic heterocycles. The number of carboxylic acid groups (broad SMARTS) is 1. The van der Waals surface area contributed by atoms with Crippen molar-refractivity contribution in [2.45, 2.75) is 58.1 Å². The average molecular weight is 329 g/mol. The Balaban J connectivity index is 2.08. The van der Waals surface area contributed by atoms with Gasteiger partial charge in [0.05, 0.1) is 5.56 Å². The maximum Gasteiger partial charge on any atom is 0.338 e. The first-order valence-corrected chi connectivity index (χ1v) is 8.28. The van der Waals surface area contributed by atoms with Crippen LogP contribution in [0.25, 0.3) is 10.9 Å². The number of esters is 1. The predicted molar refractivity (Wildman–Crippen MR) is 91.4 cm³/mol. The summed E-state index contributed by atoms with van der Waals surface area (Å²) in [7, 11) is 0. The second-order valence-electron chi connectivity index (χ2n) is 7.51. The van der Waals surface area contributed by atoms with Gasteiger partial charge in [-0.2, -0.15) is 0 Å². The summed E-state index contributed by atoms with van der Waals surface area (Å²) in [5, 5.41) is 10.4. The first-order chi connectivity index (χ1) is 11.2. The van der Waals surface area contributed by atoms with Gasteiger partial charge in [0.25, 0.3) is 0 Å². The third-order valence-corrected chi connectivity index (χ3v) is 4.29. The van der Waals surface area contributed by atoms with Gasteiger partial charge in [-0.1, -0.05) is 6.07 Å². The van der Waals surface area contributed by atoms with Crippen LogP contribution < -0.4 is 0 Å². The van der Waals surface area contributed by atoms with E-state index in [1.807, 2.05) is 33.0 Å². The van der Waals surface area contributed by atoms with Gasteiger partial charge in [0.1, 0.15) is 11.6 Å². The topological polar surface area (TPSA) is 68.5 Å². The Morgan fingerprint density at radius 1 is 1.29 bits per heavy atom.